The Kier molecular flexibility index (Phi) is 8.21. The van der Waals surface area contributed by atoms with Gasteiger partial charge in [0.2, 0.25) is 11.7 Å². The third-order valence-electron chi connectivity index (χ3n) is 6.27. The van der Waals surface area contributed by atoms with Gasteiger partial charge < -0.3 is 10.2 Å². The molecule has 0 aliphatic carbocycles. The molecule has 1 N–H and O–H groups in total. The molecule has 1 atom stereocenters. The number of amides is 2. The number of halogens is 2. The number of ketones is 1. The van der Waals surface area contributed by atoms with Crippen molar-refractivity contribution in [2.45, 2.75) is 18.8 Å². The molecule has 4 rings (SSSR count). The van der Waals surface area contributed by atoms with E-state index in [1.54, 1.807) is 12.1 Å². The molecule has 1 aliphatic heterocycles. The number of aryl methyl sites for hydroxylation is 1. The molecule has 2 amide bonds. The van der Waals surface area contributed by atoms with Gasteiger partial charge in [-0.05, 0) is 41.7 Å². The van der Waals surface area contributed by atoms with Gasteiger partial charge in [-0.1, -0.05) is 89.9 Å². The van der Waals surface area contributed by atoms with Crippen LogP contribution in [0.4, 0.5) is 0 Å². The van der Waals surface area contributed by atoms with Crippen molar-refractivity contribution in [3.05, 3.63) is 106 Å². The lowest BCUT2D eigenvalue weighted by Gasteiger charge is -2.24. The third kappa shape index (κ3) is 6.11. The molecule has 1 aliphatic rings. The van der Waals surface area contributed by atoms with Gasteiger partial charge in [-0.3, -0.25) is 14.4 Å². The van der Waals surface area contributed by atoms with Crippen LogP contribution in [0, 0.1) is 5.92 Å². The summed E-state index contributed by atoms with van der Waals surface area (Å²) in [4.78, 5) is 39.7. The molecule has 0 spiro atoms. The van der Waals surface area contributed by atoms with Crippen LogP contribution in [0.5, 0.6) is 0 Å². The molecule has 35 heavy (non-hydrogen) atoms. The van der Waals surface area contributed by atoms with Crippen molar-refractivity contribution in [3.8, 4) is 0 Å². The van der Waals surface area contributed by atoms with Gasteiger partial charge in [0.1, 0.15) is 5.92 Å². The molecule has 0 bridgehead atoms. The van der Waals surface area contributed by atoms with Crippen molar-refractivity contribution in [2.75, 3.05) is 19.6 Å². The van der Waals surface area contributed by atoms with Crippen molar-refractivity contribution in [1.82, 2.24) is 10.2 Å². The molecular formula is C28H26Cl2N2O3. The number of carbonyl (C=O) groups is 3. The van der Waals surface area contributed by atoms with Crippen molar-refractivity contribution >= 4 is 40.8 Å². The van der Waals surface area contributed by atoms with Gasteiger partial charge in [-0.15, -0.1) is 0 Å². The zero-order chi connectivity index (χ0) is 24.8. The number of Topliss-reactive ketones (excluding diaryl/α,β-unsaturated/α-hetero) is 1. The second-order valence-corrected chi connectivity index (χ2v) is 9.46. The summed E-state index contributed by atoms with van der Waals surface area (Å²) in [7, 11) is 0. The smallest absolute Gasteiger partial charge is 0.290 e. The fraction of sp³-hybridized carbons (Fsp3) is 0.250. The Morgan fingerprint density at radius 1 is 0.914 bits per heavy atom. The van der Waals surface area contributed by atoms with Gasteiger partial charge >= 0.3 is 0 Å². The molecule has 7 heteroatoms. The first-order valence-electron chi connectivity index (χ1n) is 11.6. The lowest BCUT2D eigenvalue weighted by molar-refractivity contribution is -0.142. The number of rotatable bonds is 9. The van der Waals surface area contributed by atoms with Crippen molar-refractivity contribution in [1.29, 1.82) is 0 Å². The predicted molar refractivity (Wildman–Crippen MR) is 138 cm³/mol. The number of hydrogen-bond donors (Lipinski definition) is 1. The van der Waals surface area contributed by atoms with E-state index in [0.29, 0.717) is 36.0 Å². The monoisotopic (exact) mass is 508 g/mol. The average molecular weight is 509 g/mol. The van der Waals surface area contributed by atoms with E-state index in [-0.39, 0.29) is 12.5 Å². The Morgan fingerprint density at radius 3 is 2.14 bits per heavy atom. The summed E-state index contributed by atoms with van der Waals surface area (Å²) in [6.07, 6.45) is 1.38. The number of hydrogen-bond acceptors (Lipinski definition) is 3. The van der Waals surface area contributed by atoms with E-state index in [1.165, 1.54) is 4.90 Å². The van der Waals surface area contributed by atoms with Crippen molar-refractivity contribution < 1.29 is 14.4 Å². The van der Waals surface area contributed by atoms with Gasteiger partial charge in [0.15, 0.2) is 0 Å². The van der Waals surface area contributed by atoms with Crippen molar-refractivity contribution in [2.24, 2.45) is 5.92 Å². The van der Waals surface area contributed by atoms with Crippen LogP contribution in [0.15, 0.2) is 78.9 Å². The van der Waals surface area contributed by atoms with E-state index < -0.39 is 23.5 Å². The van der Waals surface area contributed by atoms with Gasteiger partial charge in [0.25, 0.3) is 5.91 Å². The molecule has 180 valence electrons. The summed E-state index contributed by atoms with van der Waals surface area (Å²) in [5.41, 5.74) is 3.11. The number of nitrogens with zero attached hydrogens (tertiary/aromatic N) is 1. The molecule has 5 nitrogen and oxygen atoms in total. The fourth-order valence-electron chi connectivity index (χ4n) is 4.37. The van der Waals surface area contributed by atoms with Crippen LogP contribution in [-0.2, 0) is 20.8 Å². The number of likely N-dealkylation sites (tertiary alicyclic amines) is 1. The number of benzene rings is 3. The first-order valence-corrected chi connectivity index (χ1v) is 12.3. The number of carbonyl (C=O) groups excluding carboxylic acids is 3. The zero-order valence-electron chi connectivity index (χ0n) is 19.1. The highest BCUT2D eigenvalue weighted by molar-refractivity contribution is 6.42. The van der Waals surface area contributed by atoms with E-state index in [1.807, 2.05) is 66.7 Å². The van der Waals surface area contributed by atoms with E-state index in [0.717, 1.165) is 16.7 Å². The standard InChI is InChI=1S/C28H26Cl2N2O3/c29-24-14-13-19(16-25(24)30)8-7-15-31-27(34)23-18-32(28(35)26(23)33)17-22(20-9-3-1-4-10-20)21-11-5-2-6-12-21/h1-6,9-14,16,22-23H,7-8,15,17-18H2,(H,31,34). The Hall–Kier alpha value is -3.15. The maximum absolute atomic E-state index is 12.8. The molecule has 0 saturated carbocycles. The fourth-order valence-corrected chi connectivity index (χ4v) is 4.69. The predicted octanol–water partition coefficient (Wildman–Crippen LogP) is 4.90. The van der Waals surface area contributed by atoms with E-state index in [9.17, 15) is 14.4 Å². The van der Waals surface area contributed by atoms with Gasteiger partial charge in [-0.2, -0.15) is 0 Å². The summed E-state index contributed by atoms with van der Waals surface area (Å²) in [5, 5.41) is 3.80. The Labute approximate surface area is 215 Å². The minimum atomic E-state index is -0.986. The molecular weight excluding hydrogens is 483 g/mol. The summed E-state index contributed by atoms with van der Waals surface area (Å²) >= 11 is 12.0. The molecule has 0 radical (unpaired) electrons. The minimum Gasteiger partial charge on any atom is -0.355 e. The summed E-state index contributed by atoms with van der Waals surface area (Å²) in [6.45, 7) is 0.819. The van der Waals surface area contributed by atoms with Gasteiger partial charge in [0, 0.05) is 25.6 Å². The van der Waals surface area contributed by atoms with Crippen LogP contribution < -0.4 is 5.32 Å². The highest BCUT2D eigenvalue weighted by Gasteiger charge is 2.43. The van der Waals surface area contributed by atoms with Gasteiger partial charge in [-0.25, -0.2) is 0 Å². The normalized spacial score (nSPS) is 15.6. The molecule has 1 heterocycles. The molecule has 3 aromatic carbocycles. The first kappa shape index (κ1) is 25.0. The van der Waals surface area contributed by atoms with Crippen LogP contribution in [0.25, 0.3) is 0 Å². The molecule has 1 saturated heterocycles. The topological polar surface area (TPSA) is 66.5 Å². The maximum atomic E-state index is 12.8. The van der Waals surface area contributed by atoms with E-state index in [2.05, 4.69) is 5.32 Å². The van der Waals surface area contributed by atoms with Crippen LogP contribution in [0.1, 0.15) is 29.0 Å². The second kappa shape index (κ2) is 11.5. The molecule has 1 unspecified atom stereocenters. The minimum absolute atomic E-state index is 0.0897. The van der Waals surface area contributed by atoms with Crippen LogP contribution in [-0.4, -0.2) is 42.1 Å². The highest BCUT2D eigenvalue weighted by Crippen LogP contribution is 2.28. The molecule has 1 fully saturated rings. The summed E-state index contributed by atoms with van der Waals surface area (Å²) < 4.78 is 0. The van der Waals surface area contributed by atoms with Crippen LogP contribution in [0.3, 0.4) is 0 Å². The summed E-state index contributed by atoms with van der Waals surface area (Å²) in [5.74, 6) is -2.73. The Bertz CT molecular complexity index is 1160. The third-order valence-corrected chi connectivity index (χ3v) is 7.01. The SMILES string of the molecule is O=C(NCCCc1ccc(Cl)c(Cl)c1)C1CN(CC(c2ccccc2)c2ccccc2)C(=O)C1=O. The van der Waals surface area contributed by atoms with Crippen LogP contribution in [0.2, 0.25) is 10.0 Å². The van der Waals surface area contributed by atoms with Crippen LogP contribution >= 0.6 is 23.2 Å². The second-order valence-electron chi connectivity index (χ2n) is 8.64. The summed E-state index contributed by atoms with van der Waals surface area (Å²) in [6, 6.07) is 25.2. The van der Waals surface area contributed by atoms with Crippen molar-refractivity contribution in [3.63, 3.8) is 0 Å². The largest absolute Gasteiger partial charge is 0.355 e. The Balaban J connectivity index is 1.36. The Morgan fingerprint density at radius 2 is 1.54 bits per heavy atom. The van der Waals surface area contributed by atoms with E-state index in [4.69, 9.17) is 23.2 Å². The lowest BCUT2D eigenvalue weighted by atomic mass is 9.91. The number of nitrogens with one attached hydrogen (secondary N) is 1. The first-order chi connectivity index (χ1) is 16.9. The average Bonchev–Trinajstić information content (AvgIpc) is 3.16. The quantitative estimate of drug-likeness (QED) is 0.254. The van der Waals surface area contributed by atoms with Gasteiger partial charge in [0.05, 0.1) is 10.0 Å². The molecule has 3 aromatic rings. The van der Waals surface area contributed by atoms with E-state index >= 15 is 0 Å². The maximum Gasteiger partial charge on any atom is 0.290 e. The highest BCUT2D eigenvalue weighted by atomic mass is 35.5. The zero-order valence-corrected chi connectivity index (χ0v) is 20.6. The molecule has 0 aromatic heterocycles. The lowest BCUT2D eigenvalue weighted by Crippen LogP contribution is -2.36.